The Kier molecular flexibility index (Phi) is 13.2. The van der Waals surface area contributed by atoms with E-state index in [4.69, 9.17) is 30.5 Å². The Morgan fingerprint density at radius 2 is 1.81 bits per heavy atom. The number of nitrogens with one attached hydrogen (secondary N) is 2. The third-order valence-corrected chi connectivity index (χ3v) is 6.99. The van der Waals surface area contributed by atoms with Gasteiger partial charge in [-0.1, -0.05) is 55.8 Å². The fraction of sp³-hybridized carbons (Fsp3) is 0.438. The van der Waals surface area contributed by atoms with Crippen LogP contribution in [0, 0.1) is 11.3 Å². The van der Waals surface area contributed by atoms with E-state index in [1.54, 1.807) is 12.1 Å². The summed E-state index contributed by atoms with van der Waals surface area (Å²) in [5.74, 6) is 0.233. The first-order valence-electron chi connectivity index (χ1n) is 14.0. The average Bonchev–Trinajstić information content (AvgIpc) is 2.98. The van der Waals surface area contributed by atoms with Gasteiger partial charge in [-0.15, -0.1) is 0 Å². The van der Waals surface area contributed by atoms with Gasteiger partial charge in [0.25, 0.3) is 0 Å². The Balaban J connectivity index is 1.61. The summed E-state index contributed by atoms with van der Waals surface area (Å²) in [5.41, 5.74) is 3.30. The van der Waals surface area contributed by atoms with Crippen molar-refractivity contribution < 1.29 is 28.8 Å². The topological polar surface area (TPSA) is 122 Å². The Morgan fingerprint density at radius 1 is 1.12 bits per heavy atom. The molecule has 0 aromatic heterocycles. The number of nitrogens with zero attached hydrogens (tertiary/aromatic N) is 1. The summed E-state index contributed by atoms with van der Waals surface area (Å²) < 4.78 is 22.7. The molecule has 10 heteroatoms. The van der Waals surface area contributed by atoms with Crippen LogP contribution in [0.25, 0.3) is 0 Å². The number of halogens is 1. The van der Waals surface area contributed by atoms with E-state index < -0.39 is 18.0 Å². The second-order valence-electron chi connectivity index (χ2n) is 10.2. The summed E-state index contributed by atoms with van der Waals surface area (Å²) in [6, 6.07) is 17.2. The molecule has 0 aliphatic carbocycles. The molecule has 226 valence electrons. The zero-order chi connectivity index (χ0) is 30.5. The molecular formula is C32H40ClN3O6. The minimum atomic E-state index is -0.638. The first kappa shape index (κ1) is 33.0. The van der Waals surface area contributed by atoms with Crippen molar-refractivity contribution in [3.8, 4) is 17.6 Å². The van der Waals surface area contributed by atoms with E-state index >= 15 is 0 Å². The number of aliphatic hydroxyl groups is 1. The van der Waals surface area contributed by atoms with Gasteiger partial charge in [0.1, 0.15) is 12.7 Å². The molecule has 3 N–H and O–H groups in total. The van der Waals surface area contributed by atoms with Gasteiger partial charge in [0.2, 0.25) is 0 Å². The lowest BCUT2D eigenvalue weighted by Gasteiger charge is -2.31. The molecule has 2 atom stereocenters. The number of nitriles is 1. The van der Waals surface area contributed by atoms with Crippen molar-refractivity contribution in [1.29, 1.82) is 5.26 Å². The third-order valence-electron chi connectivity index (χ3n) is 6.65. The lowest BCUT2D eigenvalue weighted by molar-refractivity contribution is -0.139. The van der Waals surface area contributed by atoms with Gasteiger partial charge in [-0.2, -0.15) is 5.26 Å². The van der Waals surface area contributed by atoms with E-state index in [0.29, 0.717) is 65.2 Å². The zero-order valence-electron chi connectivity index (χ0n) is 24.6. The van der Waals surface area contributed by atoms with Gasteiger partial charge < -0.3 is 34.7 Å². The van der Waals surface area contributed by atoms with Crippen molar-refractivity contribution in [2.45, 2.75) is 51.7 Å². The summed E-state index contributed by atoms with van der Waals surface area (Å²) in [6.07, 6.45) is -0.0550. The quantitative estimate of drug-likeness (QED) is 0.184. The summed E-state index contributed by atoms with van der Waals surface area (Å²) in [7, 11) is 1.33. The van der Waals surface area contributed by atoms with Crippen LogP contribution in [0.3, 0.4) is 0 Å². The predicted molar refractivity (Wildman–Crippen MR) is 161 cm³/mol. The minimum Gasteiger partial charge on any atom is -0.490 e. The number of hydrogen-bond donors (Lipinski definition) is 3. The highest BCUT2D eigenvalue weighted by molar-refractivity contribution is 6.31. The van der Waals surface area contributed by atoms with E-state index in [1.165, 1.54) is 7.11 Å². The highest BCUT2D eigenvalue weighted by Crippen LogP contribution is 2.42. The first-order valence-corrected chi connectivity index (χ1v) is 14.4. The van der Waals surface area contributed by atoms with Crippen LogP contribution in [-0.4, -0.2) is 63.3 Å². The molecule has 2 aromatic rings. The van der Waals surface area contributed by atoms with Crippen LogP contribution in [0.15, 0.2) is 71.1 Å². The molecule has 1 heterocycles. The van der Waals surface area contributed by atoms with E-state index in [2.05, 4.69) is 16.7 Å². The fourth-order valence-corrected chi connectivity index (χ4v) is 4.77. The summed E-state index contributed by atoms with van der Waals surface area (Å²) in [4.78, 5) is 12.4. The molecule has 0 bridgehead atoms. The lowest BCUT2D eigenvalue weighted by atomic mass is 9.79. The lowest BCUT2D eigenvalue weighted by Crippen LogP contribution is -2.35. The maximum atomic E-state index is 12.4. The van der Waals surface area contributed by atoms with Crippen molar-refractivity contribution in [2.24, 2.45) is 0 Å². The normalized spacial score (nSPS) is 15.7. The molecule has 1 aliphatic heterocycles. The number of benzene rings is 2. The van der Waals surface area contributed by atoms with Crippen molar-refractivity contribution in [3.05, 3.63) is 81.7 Å². The molecule has 0 saturated carbocycles. The molecule has 0 amide bonds. The van der Waals surface area contributed by atoms with Gasteiger partial charge in [0.15, 0.2) is 11.5 Å². The standard InChI is InChI=1S/C32H40ClN3O6/c1-21(2)35-18-23(37)19-42-30-13-8-7-12-29(30)41-15-9-14-40-20-28-25(16-31(38)39-4)32(26(17-34)22(3)36-28)24-10-5-6-11-27(24)33/h5-8,10-13,21,23,32,35-37H,9,14-16,18-20H2,1-4H3. The highest BCUT2D eigenvalue weighted by Gasteiger charge is 2.33. The molecule has 0 radical (unpaired) electrons. The van der Waals surface area contributed by atoms with Gasteiger partial charge in [-0.05, 0) is 36.3 Å². The van der Waals surface area contributed by atoms with Crippen LogP contribution in [0.2, 0.25) is 5.02 Å². The van der Waals surface area contributed by atoms with Crippen LogP contribution in [0.1, 0.15) is 45.1 Å². The number of hydrogen-bond acceptors (Lipinski definition) is 9. The number of dihydropyridines is 1. The SMILES string of the molecule is COC(=O)CC1=C(COCCCOc2ccccc2OCC(O)CNC(C)C)NC(C)=C(C#N)C1c1ccccc1Cl. The molecule has 2 unspecified atom stereocenters. The predicted octanol–water partition coefficient (Wildman–Crippen LogP) is 4.86. The number of para-hydroxylation sites is 2. The monoisotopic (exact) mass is 597 g/mol. The van der Waals surface area contributed by atoms with Crippen LogP contribution >= 0.6 is 11.6 Å². The van der Waals surface area contributed by atoms with Crippen molar-refractivity contribution in [2.75, 3.05) is 40.1 Å². The molecule has 9 nitrogen and oxygen atoms in total. The Bertz CT molecular complexity index is 1300. The van der Waals surface area contributed by atoms with Crippen molar-refractivity contribution in [1.82, 2.24) is 10.6 Å². The van der Waals surface area contributed by atoms with Gasteiger partial charge in [-0.3, -0.25) is 4.79 Å². The summed E-state index contributed by atoms with van der Waals surface area (Å²) >= 11 is 6.53. The maximum Gasteiger partial charge on any atom is 0.309 e. The molecule has 0 saturated heterocycles. The Hall–Kier alpha value is -3.55. The second kappa shape index (κ2) is 16.8. The average molecular weight is 598 g/mol. The molecule has 42 heavy (non-hydrogen) atoms. The number of allylic oxidation sites excluding steroid dienone is 2. The number of carbonyl (C=O) groups excluding carboxylic acids is 1. The Labute approximate surface area is 253 Å². The number of rotatable bonds is 16. The molecular weight excluding hydrogens is 558 g/mol. The fourth-order valence-electron chi connectivity index (χ4n) is 4.53. The van der Waals surface area contributed by atoms with Gasteiger partial charge in [0, 0.05) is 41.3 Å². The van der Waals surface area contributed by atoms with Gasteiger partial charge in [-0.25, -0.2) is 0 Å². The molecule has 0 spiro atoms. The third kappa shape index (κ3) is 9.50. The number of methoxy groups -OCH3 is 1. The molecule has 2 aromatic carbocycles. The van der Waals surface area contributed by atoms with E-state index in [-0.39, 0.29) is 25.7 Å². The van der Waals surface area contributed by atoms with Crippen molar-refractivity contribution in [3.63, 3.8) is 0 Å². The van der Waals surface area contributed by atoms with E-state index in [0.717, 1.165) is 5.56 Å². The van der Waals surface area contributed by atoms with Gasteiger partial charge >= 0.3 is 5.97 Å². The summed E-state index contributed by atoms with van der Waals surface area (Å²) in [5, 5.41) is 27.1. The van der Waals surface area contributed by atoms with Crippen LogP contribution in [0.4, 0.5) is 0 Å². The second-order valence-corrected chi connectivity index (χ2v) is 10.6. The minimum absolute atomic E-state index is 0.0152. The summed E-state index contributed by atoms with van der Waals surface area (Å²) in [6.45, 7) is 7.43. The molecule has 3 rings (SSSR count). The van der Waals surface area contributed by atoms with Crippen molar-refractivity contribution >= 4 is 17.6 Å². The number of ether oxygens (including phenoxy) is 4. The number of esters is 1. The highest BCUT2D eigenvalue weighted by atomic mass is 35.5. The number of aliphatic hydroxyl groups excluding tert-OH is 1. The Morgan fingerprint density at radius 3 is 2.48 bits per heavy atom. The molecule has 0 fully saturated rings. The van der Waals surface area contributed by atoms with Crippen LogP contribution in [0.5, 0.6) is 11.5 Å². The maximum absolute atomic E-state index is 12.4. The number of carbonyl (C=O) groups is 1. The van der Waals surface area contributed by atoms with Crippen LogP contribution < -0.4 is 20.1 Å². The smallest absolute Gasteiger partial charge is 0.309 e. The molecule has 1 aliphatic rings. The van der Waals surface area contributed by atoms with E-state index in [9.17, 15) is 15.2 Å². The van der Waals surface area contributed by atoms with Gasteiger partial charge in [0.05, 0.1) is 45.0 Å². The zero-order valence-corrected chi connectivity index (χ0v) is 25.4. The largest absolute Gasteiger partial charge is 0.490 e. The first-order chi connectivity index (χ1) is 20.2. The van der Waals surface area contributed by atoms with Crippen LogP contribution in [-0.2, 0) is 14.3 Å². The van der Waals surface area contributed by atoms with E-state index in [1.807, 2.05) is 57.2 Å².